The van der Waals surface area contributed by atoms with Crippen LogP contribution in [0.5, 0.6) is 5.75 Å². The summed E-state index contributed by atoms with van der Waals surface area (Å²) >= 11 is 0. The third-order valence-corrected chi connectivity index (χ3v) is 3.09. The van der Waals surface area contributed by atoms with Crippen molar-refractivity contribution >= 4 is 0 Å². The molecular formula is C15H17N3O. The van der Waals surface area contributed by atoms with Gasteiger partial charge in [0.2, 0.25) is 0 Å². The maximum absolute atomic E-state index is 9.16. The van der Waals surface area contributed by atoms with Gasteiger partial charge in [-0.2, -0.15) is 5.26 Å². The van der Waals surface area contributed by atoms with Crippen molar-refractivity contribution in [3.63, 3.8) is 0 Å². The summed E-state index contributed by atoms with van der Waals surface area (Å²) < 4.78 is 5.39. The largest absolute Gasteiger partial charge is 0.496 e. The Labute approximate surface area is 113 Å². The Morgan fingerprint density at radius 1 is 1.37 bits per heavy atom. The molecule has 0 saturated carbocycles. The number of rotatable bonds is 3. The topological polar surface area (TPSA) is 61.7 Å². The number of benzene rings is 1. The first-order chi connectivity index (χ1) is 9.06. The second kappa shape index (κ2) is 5.15. The van der Waals surface area contributed by atoms with Crippen LogP contribution in [-0.2, 0) is 0 Å². The first kappa shape index (κ1) is 13.2. The van der Waals surface area contributed by atoms with Crippen molar-refractivity contribution in [3.8, 4) is 23.1 Å². The maximum atomic E-state index is 9.16. The molecule has 4 heteroatoms. The molecule has 2 aromatic rings. The van der Waals surface area contributed by atoms with E-state index in [1.54, 1.807) is 7.11 Å². The third kappa shape index (κ3) is 2.45. The molecule has 0 aliphatic carbocycles. The fraction of sp³-hybridized carbons (Fsp3) is 0.333. The lowest BCUT2D eigenvalue weighted by Gasteiger charge is -2.12. The molecule has 0 saturated heterocycles. The van der Waals surface area contributed by atoms with Crippen molar-refractivity contribution in [2.24, 2.45) is 0 Å². The van der Waals surface area contributed by atoms with Crippen molar-refractivity contribution in [1.29, 1.82) is 5.26 Å². The lowest BCUT2D eigenvalue weighted by Crippen LogP contribution is -1.94. The number of ether oxygens (including phenoxy) is 1. The summed E-state index contributed by atoms with van der Waals surface area (Å²) in [5.41, 5.74) is 3.20. The van der Waals surface area contributed by atoms with E-state index in [2.05, 4.69) is 36.0 Å². The molecule has 1 N–H and O–H groups in total. The van der Waals surface area contributed by atoms with Crippen molar-refractivity contribution in [2.75, 3.05) is 7.11 Å². The minimum atomic E-state index is 0.400. The van der Waals surface area contributed by atoms with Crippen molar-refractivity contribution in [1.82, 2.24) is 9.97 Å². The van der Waals surface area contributed by atoms with Crippen LogP contribution in [0.4, 0.5) is 0 Å². The monoisotopic (exact) mass is 255 g/mol. The summed E-state index contributed by atoms with van der Waals surface area (Å²) in [6.45, 7) is 6.10. The van der Waals surface area contributed by atoms with E-state index in [4.69, 9.17) is 10.00 Å². The number of hydrogen-bond acceptors (Lipinski definition) is 3. The molecule has 0 spiro atoms. The van der Waals surface area contributed by atoms with E-state index in [9.17, 15) is 0 Å². The SMILES string of the molecule is COc1ccc(C(C)C)cc1-c1[nH]c(C)nc1C#N. The number of imidazole rings is 1. The number of nitriles is 1. The molecule has 0 aliphatic heterocycles. The Morgan fingerprint density at radius 3 is 2.68 bits per heavy atom. The number of aromatic nitrogens is 2. The molecule has 0 aliphatic rings. The summed E-state index contributed by atoms with van der Waals surface area (Å²) in [6, 6.07) is 8.15. The van der Waals surface area contributed by atoms with E-state index in [0.29, 0.717) is 11.6 Å². The lowest BCUT2D eigenvalue weighted by atomic mass is 9.98. The second-order valence-corrected chi connectivity index (χ2v) is 4.77. The summed E-state index contributed by atoms with van der Waals surface area (Å²) in [5.74, 6) is 1.88. The lowest BCUT2D eigenvalue weighted by molar-refractivity contribution is 0.416. The highest BCUT2D eigenvalue weighted by Crippen LogP contribution is 2.33. The van der Waals surface area contributed by atoms with Crippen LogP contribution >= 0.6 is 0 Å². The Bertz CT molecular complexity index is 635. The number of hydrogen-bond donors (Lipinski definition) is 1. The van der Waals surface area contributed by atoms with Crippen LogP contribution in [0.3, 0.4) is 0 Å². The van der Waals surface area contributed by atoms with Crippen LogP contribution in [0, 0.1) is 18.3 Å². The Hall–Kier alpha value is -2.28. The number of H-pyrrole nitrogens is 1. The normalized spacial score (nSPS) is 10.5. The molecule has 0 atom stereocenters. The standard InChI is InChI=1S/C15H17N3O/c1-9(2)11-5-6-14(19-4)12(7-11)15-13(8-16)17-10(3)18-15/h5-7,9H,1-4H3,(H,17,18). The van der Waals surface area contributed by atoms with E-state index in [1.807, 2.05) is 19.1 Å². The van der Waals surface area contributed by atoms with Gasteiger partial charge in [0.05, 0.1) is 12.8 Å². The first-order valence-electron chi connectivity index (χ1n) is 6.21. The van der Waals surface area contributed by atoms with Crippen LogP contribution in [0.2, 0.25) is 0 Å². The third-order valence-electron chi connectivity index (χ3n) is 3.09. The molecule has 2 rings (SSSR count). The Morgan fingerprint density at radius 2 is 2.11 bits per heavy atom. The van der Waals surface area contributed by atoms with Crippen molar-refractivity contribution < 1.29 is 4.74 Å². The minimum Gasteiger partial charge on any atom is -0.496 e. The van der Waals surface area contributed by atoms with E-state index in [0.717, 1.165) is 22.8 Å². The van der Waals surface area contributed by atoms with Crippen molar-refractivity contribution in [3.05, 3.63) is 35.3 Å². The van der Waals surface area contributed by atoms with Crippen LogP contribution in [0.25, 0.3) is 11.3 Å². The number of methoxy groups -OCH3 is 1. The van der Waals surface area contributed by atoms with Gasteiger partial charge in [-0.3, -0.25) is 0 Å². The molecule has 0 fully saturated rings. The van der Waals surface area contributed by atoms with E-state index < -0.39 is 0 Å². The van der Waals surface area contributed by atoms with Gasteiger partial charge in [0.15, 0.2) is 5.69 Å². The van der Waals surface area contributed by atoms with Crippen molar-refractivity contribution in [2.45, 2.75) is 26.7 Å². The van der Waals surface area contributed by atoms with Gasteiger partial charge in [0, 0.05) is 5.56 Å². The molecule has 1 heterocycles. The molecule has 0 amide bonds. The molecular weight excluding hydrogens is 238 g/mol. The minimum absolute atomic E-state index is 0.400. The quantitative estimate of drug-likeness (QED) is 0.914. The molecule has 1 aromatic heterocycles. The smallest absolute Gasteiger partial charge is 0.166 e. The predicted octanol–water partition coefficient (Wildman–Crippen LogP) is 3.39. The summed E-state index contributed by atoms with van der Waals surface area (Å²) in [7, 11) is 1.63. The molecule has 1 aromatic carbocycles. The molecule has 4 nitrogen and oxygen atoms in total. The Kier molecular flexibility index (Phi) is 3.57. The van der Waals surface area contributed by atoms with Gasteiger partial charge in [-0.05, 0) is 30.5 Å². The first-order valence-corrected chi connectivity index (χ1v) is 6.21. The van der Waals surface area contributed by atoms with Gasteiger partial charge in [0.25, 0.3) is 0 Å². The maximum Gasteiger partial charge on any atom is 0.166 e. The van der Waals surface area contributed by atoms with Gasteiger partial charge in [-0.1, -0.05) is 19.9 Å². The molecule has 0 unspecified atom stereocenters. The van der Waals surface area contributed by atoms with E-state index in [1.165, 1.54) is 5.56 Å². The molecule has 19 heavy (non-hydrogen) atoms. The number of aromatic amines is 1. The molecule has 0 radical (unpaired) electrons. The van der Waals surface area contributed by atoms with Gasteiger partial charge < -0.3 is 9.72 Å². The predicted molar refractivity (Wildman–Crippen MR) is 74.1 cm³/mol. The zero-order chi connectivity index (χ0) is 14.0. The highest BCUT2D eigenvalue weighted by atomic mass is 16.5. The number of aryl methyl sites for hydroxylation is 1. The Balaban J connectivity index is 2.65. The molecule has 98 valence electrons. The average Bonchev–Trinajstić information content (AvgIpc) is 2.78. The zero-order valence-corrected chi connectivity index (χ0v) is 11.6. The average molecular weight is 255 g/mol. The number of nitrogens with one attached hydrogen (secondary N) is 1. The van der Waals surface area contributed by atoms with Crippen LogP contribution in [-0.4, -0.2) is 17.1 Å². The summed E-state index contributed by atoms with van der Waals surface area (Å²) in [4.78, 5) is 7.32. The highest BCUT2D eigenvalue weighted by Gasteiger charge is 2.15. The number of nitrogens with zero attached hydrogens (tertiary/aromatic N) is 2. The van der Waals surface area contributed by atoms with E-state index >= 15 is 0 Å². The van der Waals surface area contributed by atoms with Gasteiger partial charge in [-0.15, -0.1) is 0 Å². The van der Waals surface area contributed by atoms with Gasteiger partial charge in [-0.25, -0.2) is 4.98 Å². The van der Waals surface area contributed by atoms with Crippen LogP contribution in [0.1, 0.15) is 36.8 Å². The zero-order valence-electron chi connectivity index (χ0n) is 11.6. The van der Waals surface area contributed by atoms with Crippen LogP contribution < -0.4 is 4.74 Å². The second-order valence-electron chi connectivity index (χ2n) is 4.77. The molecule has 0 bridgehead atoms. The van der Waals surface area contributed by atoms with Crippen LogP contribution in [0.15, 0.2) is 18.2 Å². The summed E-state index contributed by atoms with van der Waals surface area (Å²) in [5, 5.41) is 9.16. The summed E-state index contributed by atoms with van der Waals surface area (Å²) in [6.07, 6.45) is 0. The highest BCUT2D eigenvalue weighted by molar-refractivity contribution is 5.72. The van der Waals surface area contributed by atoms with E-state index in [-0.39, 0.29) is 0 Å². The van der Waals surface area contributed by atoms with Gasteiger partial charge >= 0.3 is 0 Å². The van der Waals surface area contributed by atoms with Gasteiger partial charge in [0.1, 0.15) is 17.6 Å². The fourth-order valence-electron chi connectivity index (χ4n) is 2.05. The fourth-order valence-corrected chi connectivity index (χ4v) is 2.05.